The summed E-state index contributed by atoms with van der Waals surface area (Å²) in [4.78, 5) is 21.7. The van der Waals surface area contributed by atoms with Crippen LogP contribution in [-0.4, -0.2) is 17.8 Å². The zero-order valence-electron chi connectivity index (χ0n) is 12.0. The molecule has 0 unspecified atom stereocenters. The lowest BCUT2D eigenvalue weighted by atomic mass is 9.90. The molecule has 7 heteroatoms. The molecule has 0 saturated heterocycles. The van der Waals surface area contributed by atoms with Crippen LogP contribution in [0.25, 0.3) is 0 Å². The summed E-state index contributed by atoms with van der Waals surface area (Å²) in [6.45, 7) is 0.824. The first kappa shape index (κ1) is 16.3. The number of non-ortho nitro benzene ring substituents is 1. The van der Waals surface area contributed by atoms with E-state index >= 15 is 0 Å². The van der Waals surface area contributed by atoms with Crippen LogP contribution in [0.5, 0.6) is 0 Å². The van der Waals surface area contributed by atoms with Gasteiger partial charge in [-0.05, 0) is 23.6 Å². The Bertz CT molecular complexity index is 751. The molecular weight excluding hydrogens is 427 g/mol. The molecule has 2 aromatic rings. The first-order valence-electron chi connectivity index (χ1n) is 7.01. The third-order valence-corrected chi connectivity index (χ3v) is 5.96. The maximum atomic E-state index is 11.4. The minimum atomic E-state index is -0.395. The van der Waals surface area contributed by atoms with Crippen LogP contribution in [-0.2, 0) is 6.42 Å². The lowest BCUT2D eigenvalue weighted by Gasteiger charge is -2.14. The topological polar surface area (TPSA) is 63.4 Å². The molecule has 3 rings (SSSR count). The highest BCUT2D eigenvalue weighted by molar-refractivity contribution is 14.2. The van der Waals surface area contributed by atoms with Crippen molar-refractivity contribution in [2.24, 2.45) is 0 Å². The molecule has 23 heavy (non-hydrogen) atoms. The second-order valence-electron chi connectivity index (χ2n) is 5.35. The predicted molar refractivity (Wildman–Crippen MR) is 100 cm³/mol. The number of nitro groups is 1. The number of nitro benzene ring substituents is 1. The summed E-state index contributed by atoms with van der Waals surface area (Å²) in [5, 5.41) is 10.7. The summed E-state index contributed by atoms with van der Waals surface area (Å²) in [5.41, 5.74) is 4.01. The van der Waals surface area contributed by atoms with Gasteiger partial charge in [0.2, 0.25) is 0 Å². The molecule has 1 atom stereocenters. The van der Waals surface area contributed by atoms with E-state index < -0.39 is 4.92 Å². The Hall–Kier alpha value is -1.61. The summed E-state index contributed by atoms with van der Waals surface area (Å²) in [7, 11) is 1.61. The Morgan fingerprint density at radius 2 is 2.04 bits per heavy atom. The van der Waals surface area contributed by atoms with Gasteiger partial charge < -0.3 is 4.31 Å². The highest BCUT2D eigenvalue weighted by Crippen LogP contribution is 2.44. The Balaban J connectivity index is 1.90. The van der Waals surface area contributed by atoms with E-state index in [0.717, 1.165) is 41.6 Å². The zero-order valence-corrected chi connectivity index (χ0v) is 15.0. The third-order valence-electron chi connectivity index (χ3n) is 4.02. The van der Waals surface area contributed by atoms with Crippen molar-refractivity contribution in [2.75, 3.05) is 10.8 Å². The second-order valence-corrected chi connectivity index (χ2v) is 7.11. The van der Waals surface area contributed by atoms with Crippen LogP contribution in [0.15, 0.2) is 42.5 Å². The van der Waals surface area contributed by atoms with Crippen molar-refractivity contribution >= 4 is 48.0 Å². The molecule has 1 aliphatic rings. The summed E-state index contributed by atoms with van der Waals surface area (Å²) in [6, 6.07) is 12.4. The van der Waals surface area contributed by atoms with Gasteiger partial charge in [-0.15, -0.1) is 0 Å². The molecule has 0 saturated carbocycles. The number of hydrogen-bond donors (Lipinski definition) is 0. The summed E-state index contributed by atoms with van der Waals surface area (Å²) in [6.07, 6.45) is 1.66. The molecule has 0 radical (unpaired) electrons. The maximum Gasteiger partial charge on any atom is 0.269 e. The number of hydrogen-bond acceptors (Lipinski definition) is 5. The van der Waals surface area contributed by atoms with Crippen molar-refractivity contribution in [3.05, 3.63) is 69.3 Å². The number of fused-ring (bicyclic) bond motifs is 1. The molecule has 0 spiro atoms. The largest absolute Gasteiger partial charge is 0.307 e. The van der Waals surface area contributed by atoms with Crippen LogP contribution in [0.1, 0.15) is 27.4 Å². The number of rotatable bonds is 5. The quantitative estimate of drug-likeness (QED) is 0.225. The fourth-order valence-corrected chi connectivity index (χ4v) is 4.58. The van der Waals surface area contributed by atoms with Crippen LogP contribution in [0, 0.1) is 10.1 Å². The van der Waals surface area contributed by atoms with Gasteiger partial charge in [-0.2, -0.15) is 0 Å². The van der Waals surface area contributed by atoms with Crippen LogP contribution in [0.3, 0.4) is 0 Å². The highest BCUT2D eigenvalue weighted by atomic mass is 127. The van der Waals surface area contributed by atoms with E-state index in [9.17, 15) is 14.9 Å². The van der Waals surface area contributed by atoms with Crippen molar-refractivity contribution in [2.45, 2.75) is 12.3 Å². The highest BCUT2D eigenvalue weighted by Gasteiger charge is 2.31. The second kappa shape index (κ2) is 6.88. The van der Waals surface area contributed by atoms with Crippen molar-refractivity contribution in [3.8, 4) is 0 Å². The minimum absolute atomic E-state index is 0.0959. The van der Waals surface area contributed by atoms with Crippen LogP contribution in [0.4, 0.5) is 11.4 Å². The Kier molecular flexibility index (Phi) is 4.86. The SMILES string of the molecule is O=Cc1cccc2c1[C@@H](Cc1ccc([N+](=O)[O-])cc1)CN2SI. The number of nitrogens with zero attached hydrogens (tertiary/aromatic N) is 2. The normalized spacial score (nSPS) is 16.2. The van der Waals surface area contributed by atoms with Gasteiger partial charge in [-0.25, -0.2) is 0 Å². The summed E-state index contributed by atoms with van der Waals surface area (Å²) in [5.74, 6) is 0.204. The number of benzene rings is 2. The van der Waals surface area contributed by atoms with E-state index in [-0.39, 0.29) is 11.6 Å². The minimum Gasteiger partial charge on any atom is -0.307 e. The molecule has 0 N–H and O–H groups in total. The van der Waals surface area contributed by atoms with Crippen molar-refractivity contribution in [3.63, 3.8) is 0 Å². The van der Waals surface area contributed by atoms with Gasteiger partial charge in [0, 0.05) is 60.5 Å². The van der Waals surface area contributed by atoms with Gasteiger partial charge in [-0.1, -0.05) is 24.3 Å². The molecule has 0 aliphatic carbocycles. The van der Waals surface area contributed by atoms with E-state index in [4.69, 9.17) is 0 Å². The Morgan fingerprint density at radius 1 is 1.30 bits per heavy atom. The molecule has 5 nitrogen and oxygen atoms in total. The first-order chi connectivity index (χ1) is 11.1. The van der Waals surface area contributed by atoms with Gasteiger partial charge in [-0.3, -0.25) is 14.9 Å². The van der Waals surface area contributed by atoms with Crippen LogP contribution in [0.2, 0.25) is 0 Å². The summed E-state index contributed by atoms with van der Waals surface area (Å²) < 4.78 is 2.18. The average Bonchev–Trinajstić information content (AvgIpc) is 2.93. The van der Waals surface area contributed by atoms with Crippen LogP contribution < -0.4 is 4.31 Å². The van der Waals surface area contributed by atoms with E-state index in [0.29, 0.717) is 0 Å². The monoisotopic (exact) mass is 440 g/mol. The lowest BCUT2D eigenvalue weighted by Crippen LogP contribution is -2.12. The van der Waals surface area contributed by atoms with Crippen molar-refractivity contribution in [1.29, 1.82) is 0 Å². The zero-order chi connectivity index (χ0) is 16.4. The molecular formula is C16H13IN2O3S. The fraction of sp³-hybridized carbons (Fsp3) is 0.188. The predicted octanol–water partition coefficient (Wildman–Crippen LogP) is 4.55. The lowest BCUT2D eigenvalue weighted by molar-refractivity contribution is -0.384. The van der Waals surface area contributed by atoms with Gasteiger partial charge in [0.05, 0.1) is 10.6 Å². The fourth-order valence-electron chi connectivity index (χ4n) is 3.00. The van der Waals surface area contributed by atoms with E-state index in [1.807, 2.05) is 18.2 Å². The van der Waals surface area contributed by atoms with E-state index in [1.165, 1.54) is 12.1 Å². The Labute approximate surface area is 149 Å². The molecule has 0 fully saturated rings. The first-order valence-corrected chi connectivity index (χ1v) is 10.3. The number of halogens is 1. The number of anilines is 1. The third kappa shape index (κ3) is 3.20. The molecule has 0 aromatic heterocycles. The maximum absolute atomic E-state index is 11.4. The van der Waals surface area contributed by atoms with Gasteiger partial charge >= 0.3 is 0 Å². The van der Waals surface area contributed by atoms with Gasteiger partial charge in [0.25, 0.3) is 5.69 Å². The van der Waals surface area contributed by atoms with Gasteiger partial charge in [0.1, 0.15) is 6.29 Å². The molecule has 1 aliphatic heterocycles. The summed E-state index contributed by atoms with van der Waals surface area (Å²) >= 11 is 2.24. The number of carbonyl (C=O) groups excluding carboxylic acids is 1. The standard InChI is InChI=1S/C16H13IN2O3S/c17-23-18-9-13(16-12(10-20)2-1-3-15(16)18)8-11-4-6-14(7-5-11)19(21)22/h1-7,10,13H,8-9H2/t13-/m0/s1. The number of aldehydes is 1. The Morgan fingerprint density at radius 3 is 2.65 bits per heavy atom. The molecule has 0 amide bonds. The van der Waals surface area contributed by atoms with Crippen molar-refractivity contribution < 1.29 is 9.72 Å². The van der Waals surface area contributed by atoms with Crippen molar-refractivity contribution in [1.82, 2.24) is 0 Å². The smallest absolute Gasteiger partial charge is 0.269 e. The van der Waals surface area contributed by atoms with E-state index in [2.05, 4.69) is 25.5 Å². The van der Waals surface area contributed by atoms with Gasteiger partial charge in [0.15, 0.2) is 0 Å². The van der Waals surface area contributed by atoms with Crippen LogP contribution >= 0.6 is 30.3 Å². The molecule has 1 heterocycles. The number of carbonyl (C=O) groups is 1. The average molecular weight is 440 g/mol. The van der Waals surface area contributed by atoms with E-state index in [1.54, 1.807) is 21.3 Å². The molecule has 2 aromatic carbocycles. The molecule has 118 valence electrons. The molecule has 0 bridgehead atoms.